The third-order valence-corrected chi connectivity index (χ3v) is 2.11. The van der Waals surface area contributed by atoms with Crippen LogP contribution in [0, 0.1) is 11.3 Å². The largest absolute Gasteiger partial charge is 0.454 e. The summed E-state index contributed by atoms with van der Waals surface area (Å²) in [6.45, 7) is 0. The fourth-order valence-electron chi connectivity index (χ4n) is 1.40. The number of ether oxygens (including phenoxy) is 1. The van der Waals surface area contributed by atoms with Crippen molar-refractivity contribution in [2.24, 2.45) is 0 Å². The molecule has 0 radical (unpaired) electrons. The van der Waals surface area contributed by atoms with E-state index < -0.39 is 0 Å². The van der Waals surface area contributed by atoms with Crippen molar-refractivity contribution in [2.45, 2.75) is 5.92 Å². The van der Waals surface area contributed by atoms with Gasteiger partial charge in [-0.25, -0.2) is 0 Å². The number of rotatable bonds is 1. The summed E-state index contributed by atoms with van der Waals surface area (Å²) in [6, 6.07) is 12.0. The van der Waals surface area contributed by atoms with E-state index in [2.05, 4.69) is 0 Å². The lowest BCUT2D eigenvalue weighted by molar-refractivity contribution is 0.359. The number of hydrogen-bond donors (Lipinski definition) is 0. The summed E-state index contributed by atoms with van der Waals surface area (Å²) >= 11 is 0. The fraction of sp³-hybridized carbons (Fsp3) is 0.0833. The number of hydrogen-bond acceptors (Lipinski definition) is 2. The molecule has 0 N–H and O–H groups in total. The second-order valence-corrected chi connectivity index (χ2v) is 3.03. The Labute approximate surface area is 82.7 Å². The molecule has 1 aromatic carbocycles. The van der Waals surface area contributed by atoms with Gasteiger partial charge in [-0.15, -0.1) is 0 Å². The van der Waals surface area contributed by atoms with Crippen molar-refractivity contribution in [3.05, 3.63) is 60.1 Å². The molecule has 0 aromatic heterocycles. The van der Waals surface area contributed by atoms with Gasteiger partial charge in [0.2, 0.25) is 0 Å². The molecule has 0 amide bonds. The smallest absolute Gasteiger partial charge is 0.200 e. The van der Waals surface area contributed by atoms with Crippen molar-refractivity contribution in [3.63, 3.8) is 0 Å². The highest BCUT2D eigenvalue weighted by Crippen LogP contribution is 2.23. The van der Waals surface area contributed by atoms with E-state index in [0.29, 0.717) is 5.76 Å². The Kier molecular flexibility index (Phi) is 2.33. The van der Waals surface area contributed by atoms with Gasteiger partial charge in [0.05, 0.1) is 6.26 Å². The molecule has 1 atom stereocenters. The van der Waals surface area contributed by atoms with Crippen molar-refractivity contribution in [1.29, 1.82) is 5.26 Å². The van der Waals surface area contributed by atoms with Crippen LogP contribution in [0.5, 0.6) is 0 Å². The Morgan fingerprint density at radius 2 is 2.00 bits per heavy atom. The highest BCUT2D eigenvalue weighted by atomic mass is 16.5. The van der Waals surface area contributed by atoms with Gasteiger partial charge in [-0.05, 0) is 17.7 Å². The second kappa shape index (κ2) is 3.80. The van der Waals surface area contributed by atoms with Gasteiger partial charge in [0.25, 0.3) is 0 Å². The molecular weight excluding hydrogens is 174 g/mol. The topological polar surface area (TPSA) is 33.0 Å². The summed E-state index contributed by atoms with van der Waals surface area (Å²) in [5.41, 5.74) is 1.17. The summed E-state index contributed by atoms with van der Waals surface area (Å²) in [5.74, 6) is 0.515. The first-order valence-electron chi connectivity index (χ1n) is 4.40. The molecular formula is C12H9NO. The first-order chi connectivity index (χ1) is 6.90. The molecule has 0 fully saturated rings. The Hall–Kier alpha value is -2.01. The molecule has 2 nitrogen and oxygen atoms in total. The normalized spacial score (nSPS) is 19.4. The quantitative estimate of drug-likeness (QED) is 0.670. The number of nitriles is 1. The lowest BCUT2D eigenvalue weighted by Gasteiger charge is -2.12. The third-order valence-electron chi connectivity index (χ3n) is 2.11. The summed E-state index contributed by atoms with van der Waals surface area (Å²) in [6.07, 6.45) is 5.31. The van der Waals surface area contributed by atoms with E-state index in [1.54, 1.807) is 6.26 Å². The molecule has 68 valence electrons. The van der Waals surface area contributed by atoms with Crippen LogP contribution >= 0.6 is 0 Å². The molecule has 0 saturated heterocycles. The molecule has 0 spiro atoms. The Balaban J connectivity index is 2.29. The average molecular weight is 183 g/mol. The minimum Gasteiger partial charge on any atom is -0.454 e. The molecule has 1 unspecified atom stereocenters. The second-order valence-electron chi connectivity index (χ2n) is 3.03. The average Bonchev–Trinajstić information content (AvgIpc) is 2.30. The number of benzene rings is 1. The molecule has 2 rings (SSSR count). The molecule has 14 heavy (non-hydrogen) atoms. The molecule has 0 saturated carbocycles. The molecule has 0 bridgehead atoms. The first kappa shape index (κ1) is 8.58. The monoisotopic (exact) mass is 183 g/mol. The maximum atomic E-state index is 8.68. The minimum atomic E-state index is 0.152. The van der Waals surface area contributed by atoms with E-state index in [1.165, 1.54) is 5.56 Å². The van der Waals surface area contributed by atoms with Crippen LogP contribution in [0.3, 0.4) is 0 Å². The van der Waals surface area contributed by atoms with E-state index in [0.717, 1.165) is 0 Å². The van der Waals surface area contributed by atoms with Crippen LogP contribution in [0.1, 0.15) is 11.5 Å². The zero-order chi connectivity index (χ0) is 9.80. The van der Waals surface area contributed by atoms with Gasteiger partial charge in [-0.1, -0.05) is 30.3 Å². The minimum absolute atomic E-state index is 0.152. The van der Waals surface area contributed by atoms with E-state index in [4.69, 9.17) is 10.00 Å². The molecule has 0 aliphatic carbocycles. The third kappa shape index (κ3) is 1.67. The zero-order valence-corrected chi connectivity index (χ0v) is 7.55. The Morgan fingerprint density at radius 1 is 1.21 bits per heavy atom. The van der Waals surface area contributed by atoms with E-state index in [-0.39, 0.29) is 5.92 Å². The van der Waals surface area contributed by atoms with Crippen LogP contribution in [-0.4, -0.2) is 0 Å². The van der Waals surface area contributed by atoms with Gasteiger partial charge in [0, 0.05) is 5.92 Å². The van der Waals surface area contributed by atoms with Crippen molar-refractivity contribution < 1.29 is 4.74 Å². The van der Waals surface area contributed by atoms with Gasteiger partial charge in [-0.2, -0.15) is 5.26 Å². The fourth-order valence-corrected chi connectivity index (χ4v) is 1.40. The van der Waals surface area contributed by atoms with Crippen LogP contribution in [0.2, 0.25) is 0 Å². The lowest BCUT2D eigenvalue weighted by atomic mass is 9.98. The Morgan fingerprint density at radius 3 is 2.71 bits per heavy atom. The van der Waals surface area contributed by atoms with E-state index in [1.807, 2.05) is 48.6 Å². The summed E-state index contributed by atoms with van der Waals surface area (Å²) in [7, 11) is 0. The van der Waals surface area contributed by atoms with Gasteiger partial charge in [0.15, 0.2) is 5.76 Å². The maximum Gasteiger partial charge on any atom is 0.200 e. The summed E-state index contributed by atoms with van der Waals surface area (Å²) in [4.78, 5) is 0. The predicted molar refractivity (Wildman–Crippen MR) is 53.1 cm³/mol. The maximum absolute atomic E-state index is 8.68. The van der Waals surface area contributed by atoms with Gasteiger partial charge in [0.1, 0.15) is 6.07 Å². The lowest BCUT2D eigenvalue weighted by Crippen LogP contribution is -1.98. The van der Waals surface area contributed by atoms with Crippen LogP contribution in [-0.2, 0) is 4.74 Å². The van der Waals surface area contributed by atoms with Crippen LogP contribution < -0.4 is 0 Å². The zero-order valence-electron chi connectivity index (χ0n) is 7.55. The highest BCUT2D eigenvalue weighted by molar-refractivity contribution is 5.33. The van der Waals surface area contributed by atoms with Crippen molar-refractivity contribution >= 4 is 0 Å². The van der Waals surface area contributed by atoms with Crippen LogP contribution in [0.4, 0.5) is 0 Å². The van der Waals surface area contributed by atoms with Crippen molar-refractivity contribution in [2.75, 3.05) is 0 Å². The van der Waals surface area contributed by atoms with Crippen molar-refractivity contribution in [3.8, 4) is 6.07 Å². The summed E-state index contributed by atoms with van der Waals surface area (Å²) < 4.78 is 5.00. The molecule has 1 aliphatic heterocycles. The first-order valence-corrected chi connectivity index (χ1v) is 4.40. The Bertz CT molecular complexity index is 412. The highest BCUT2D eigenvalue weighted by Gasteiger charge is 2.10. The SMILES string of the molecule is N#CC1=CC(c2ccccc2)C=CO1. The van der Waals surface area contributed by atoms with Gasteiger partial charge in [-0.3, -0.25) is 0 Å². The molecule has 1 heterocycles. The van der Waals surface area contributed by atoms with Crippen LogP contribution in [0.15, 0.2) is 54.5 Å². The van der Waals surface area contributed by atoms with Crippen molar-refractivity contribution in [1.82, 2.24) is 0 Å². The van der Waals surface area contributed by atoms with Crippen LogP contribution in [0.25, 0.3) is 0 Å². The predicted octanol–water partition coefficient (Wildman–Crippen LogP) is 2.72. The summed E-state index contributed by atoms with van der Waals surface area (Å²) in [5, 5.41) is 8.68. The number of nitrogens with zero attached hydrogens (tertiary/aromatic N) is 1. The molecule has 2 heteroatoms. The van der Waals surface area contributed by atoms with E-state index >= 15 is 0 Å². The van der Waals surface area contributed by atoms with E-state index in [9.17, 15) is 0 Å². The molecule has 1 aliphatic rings. The number of allylic oxidation sites excluding steroid dienone is 3. The standard InChI is InChI=1S/C12H9NO/c13-9-12-8-11(6-7-14-12)10-4-2-1-3-5-10/h1-8,11H. The van der Waals surface area contributed by atoms with Gasteiger partial charge >= 0.3 is 0 Å². The van der Waals surface area contributed by atoms with Gasteiger partial charge < -0.3 is 4.74 Å². The molecule has 1 aromatic rings.